The first-order valence-corrected chi connectivity index (χ1v) is 15.9. The Morgan fingerprint density at radius 1 is 0.930 bits per heavy atom. The van der Waals surface area contributed by atoms with Gasteiger partial charge in [-0.15, -0.1) is 0 Å². The van der Waals surface area contributed by atoms with Crippen molar-refractivity contribution in [3.63, 3.8) is 0 Å². The van der Waals surface area contributed by atoms with Crippen LogP contribution in [-0.4, -0.2) is 62.8 Å². The normalized spacial score (nSPS) is 14.3. The summed E-state index contributed by atoms with van der Waals surface area (Å²) in [5, 5.41) is 9.19. The van der Waals surface area contributed by atoms with Crippen LogP contribution in [0.2, 0.25) is 0 Å². The van der Waals surface area contributed by atoms with Crippen LogP contribution >= 0.6 is 0 Å². The molecule has 0 atom stereocenters. The molecule has 1 aliphatic heterocycles. The van der Waals surface area contributed by atoms with Crippen molar-refractivity contribution in [2.75, 3.05) is 19.3 Å². The molecular weight excluding hydrogens is 567 g/mol. The van der Waals surface area contributed by atoms with Crippen LogP contribution in [0.3, 0.4) is 0 Å². The molecule has 1 aromatic carbocycles. The highest BCUT2D eigenvalue weighted by molar-refractivity contribution is 7.88. The molecular formula is C31H29FN8O2S. The van der Waals surface area contributed by atoms with Gasteiger partial charge in [-0.3, -0.25) is 20.0 Å². The number of hydrogen-bond donors (Lipinski definition) is 3. The smallest absolute Gasteiger partial charge is 0.209 e. The van der Waals surface area contributed by atoms with Crippen molar-refractivity contribution < 1.29 is 12.8 Å². The average Bonchev–Trinajstić information content (AvgIpc) is 3.75. The van der Waals surface area contributed by atoms with E-state index in [4.69, 9.17) is 0 Å². The first-order valence-electron chi connectivity index (χ1n) is 14.0. The maximum atomic E-state index is 14.6. The van der Waals surface area contributed by atoms with Gasteiger partial charge in [-0.1, -0.05) is 0 Å². The van der Waals surface area contributed by atoms with Gasteiger partial charge in [0, 0.05) is 70.9 Å². The number of H-pyrrole nitrogens is 2. The summed E-state index contributed by atoms with van der Waals surface area (Å²) in [6.07, 6.45) is 10.8. The maximum absolute atomic E-state index is 14.6. The molecule has 12 heteroatoms. The Labute approximate surface area is 247 Å². The van der Waals surface area contributed by atoms with Gasteiger partial charge in [0.25, 0.3) is 0 Å². The van der Waals surface area contributed by atoms with Crippen LogP contribution in [-0.2, 0) is 23.1 Å². The minimum absolute atomic E-state index is 0.0237. The molecule has 0 bridgehead atoms. The van der Waals surface area contributed by atoms with Crippen molar-refractivity contribution in [3.8, 4) is 33.8 Å². The molecule has 7 rings (SSSR count). The Bertz CT molecular complexity index is 2080. The first kappa shape index (κ1) is 27.3. The van der Waals surface area contributed by atoms with Gasteiger partial charge < -0.3 is 4.98 Å². The number of sulfonamides is 1. The highest BCUT2D eigenvalue weighted by Crippen LogP contribution is 2.34. The van der Waals surface area contributed by atoms with Crippen LogP contribution in [0.25, 0.3) is 55.7 Å². The van der Waals surface area contributed by atoms with Gasteiger partial charge in [0.05, 0.1) is 23.3 Å². The van der Waals surface area contributed by atoms with E-state index in [0.29, 0.717) is 22.5 Å². The number of benzene rings is 1. The largest absolute Gasteiger partial charge is 0.353 e. The molecule has 0 amide bonds. The van der Waals surface area contributed by atoms with E-state index in [1.165, 1.54) is 30.5 Å². The Balaban J connectivity index is 1.24. The Hall–Kier alpha value is -4.52. The van der Waals surface area contributed by atoms with Gasteiger partial charge in [-0.05, 0) is 79.5 Å². The molecule has 1 saturated heterocycles. The van der Waals surface area contributed by atoms with Gasteiger partial charge in [0.2, 0.25) is 10.0 Å². The summed E-state index contributed by atoms with van der Waals surface area (Å²) in [7, 11) is -3.43. The Kier molecular flexibility index (Phi) is 6.96. The fraction of sp³-hybridized carbons (Fsp3) is 0.226. The molecule has 10 nitrogen and oxygen atoms in total. The number of nitrogens with one attached hydrogen (secondary N) is 3. The molecule has 43 heavy (non-hydrogen) atoms. The number of aromatic amines is 2. The zero-order valence-corrected chi connectivity index (χ0v) is 24.2. The van der Waals surface area contributed by atoms with Gasteiger partial charge in [-0.25, -0.2) is 22.5 Å². The summed E-state index contributed by atoms with van der Waals surface area (Å²) >= 11 is 0. The summed E-state index contributed by atoms with van der Waals surface area (Å²) < 4.78 is 40.2. The van der Waals surface area contributed by atoms with E-state index >= 15 is 0 Å². The zero-order chi connectivity index (χ0) is 29.6. The van der Waals surface area contributed by atoms with Crippen LogP contribution in [0.15, 0.2) is 67.3 Å². The molecule has 0 unspecified atom stereocenters. The van der Waals surface area contributed by atoms with Crippen LogP contribution < -0.4 is 4.72 Å². The molecule has 5 aromatic heterocycles. The van der Waals surface area contributed by atoms with Crippen molar-refractivity contribution >= 4 is 32.0 Å². The van der Waals surface area contributed by atoms with E-state index in [9.17, 15) is 12.8 Å². The third-order valence-electron chi connectivity index (χ3n) is 7.73. The Morgan fingerprint density at radius 2 is 1.74 bits per heavy atom. The second kappa shape index (κ2) is 11.0. The van der Waals surface area contributed by atoms with E-state index in [2.05, 4.69) is 51.9 Å². The standard InChI is InChI=1S/C31H29FN8O2S/c1-43(41,42)36-15-19-8-21(11-24(32)10-19)29-25-13-28(37-27(25)4-5-34-29)30-26-12-23(17-35-31(26)39-38-30)22-9-20(14-33-16-22)18-40-6-2-3-7-40/h4-5,8-14,16-17,36-37H,2-3,6-7,15,18H2,1H3,(H,35,38,39). The molecule has 3 N–H and O–H groups in total. The van der Waals surface area contributed by atoms with E-state index in [1.807, 2.05) is 30.7 Å². The maximum Gasteiger partial charge on any atom is 0.209 e. The lowest BCUT2D eigenvalue weighted by Gasteiger charge is -2.14. The number of aromatic nitrogens is 6. The van der Waals surface area contributed by atoms with Gasteiger partial charge >= 0.3 is 0 Å². The van der Waals surface area contributed by atoms with Crippen molar-refractivity contribution in [1.29, 1.82) is 0 Å². The van der Waals surface area contributed by atoms with E-state index in [1.54, 1.807) is 12.3 Å². The quantitative estimate of drug-likeness (QED) is 0.225. The van der Waals surface area contributed by atoms with Crippen molar-refractivity contribution in [3.05, 3.63) is 84.2 Å². The number of rotatable bonds is 8. The molecule has 6 heterocycles. The lowest BCUT2D eigenvalue weighted by atomic mass is 10.0. The lowest BCUT2D eigenvalue weighted by molar-refractivity contribution is 0.331. The molecule has 1 fully saturated rings. The summed E-state index contributed by atoms with van der Waals surface area (Å²) in [6.45, 7) is 3.11. The zero-order valence-electron chi connectivity index (χ0n) is 23.4. The SMILES string of the molecule is CS(=O)(=O)NCc1cc(F)cc(-c2nccc3[nH]c(-c4[nH]nc5ncc(-c6cncc(CN7CCCC7)c6)cc45)cc23)c1. The number of nitrogens with zero attached hydrogens (tertiary/aromatic N) is 5. The molecule has 0 radical (unpaired) electrons. The average molecular weight is 597 g/mol. The summed E-state index contributed by atoms with van der Waals surface area (Å²) in [5.74, 6) is -0.477. The van der Waals surface area contributed by atoms with Crippen LogP contribution in [0.4, 0.5) is 4.39 Å². The fourth-order valence-corrected chi connectivity index (χ4v) is 6.14. The number of likely N-dealkylation sites (tertiary alicyclic amines) is 1. The number of halogens is 1. The third kappa shape index (κ3) is 5.76. The minimum atomic E-state index is -3.43. The van der Waals surface area contributed by atoms with E-state index < -0.39 is 15.8 Å². The second-order valence-electron chi connectivity index (χ2n) is 11.0. The first-order chi connectivity index (χ1) is 20.8. The number of fused-ring (bicyclic) bond motifs is 2. The van der Waals surface area contributed by atoms with Crippen LogP contribution in [0, 0.1) is 5.82 Å². The summed E-state index contributed by atoms with van der Waals surface area (Å²) in [4.78, 5) is 19.6. The van der Waals surface area contributed by atoms with Crippen molar-refractivity contribution in [1.82, 2.24) is 39.8 Å². The third-order valence-corrected chi connectivity index (χ3v) is 8.40. The summed E-state index contributed by atoms with van der Waals surface area (Å²) in [5.41, 5.74) is 7.67. The molecule has 1 aliphatic rings. The summed E-state index contributed by atoms with van der Waals surface area (Å²) in [6, 6.07) is 12.5. The molecule has 6 aromatic rings. The highest BCUT2D eigenvalue weighted by Gasteiger charge is 2.17. The molecule has 218 valence electrons. The lowest BCUT2D eigenvalue weighted by Crippen LogP contribution is -2.21. The van der Waals surface area contributed by atoms with Gasteiger partial charge in [-0.2, -0.15) is 5.10 Å². The van der Waals surface area contributed by atoms with Gasteiger partial charge in [0.15, 0.2) is 5.65 Å². The fourth-order valence-electron chi connectivity index (χ4n) is 5.72. The topological polar surface area (TPSA) is 133 Å². The number of pyridine rings is 3. The number of hydrogen-bond acceptors (Lipinski definition) is 7. The molecule has 0 saturated carbocycles. The molecule has 0 spiro atoms. The minimum Gasteiger partial charge on any atom is -0.353 e. The second-order valence-corrected chi connectivity index (χ2v) is 12.8. The van der Waals surface area contributed by atoms with Gasteiger partial charge in [0.1, 0.15) is 5.82 Å². The monoisotopic (exact) mass is 596 g/mol. The van der Waals surface area contributed by atoms with Crippen LogP contribution in [0.5, 0.6) is 0 Å². The van der Waals surface area contributed by atoms with E-state index in [-0.39, 0.29) is 6.54 Å². The van der Waals surface area contributed by atoms with Crippen molar-refractivity contribution in [2.45, 2.75) is 25.9 Å². The van der Waals surface area contributed by atoms with Crippen molar-refractivity contribution in [2.24, 2.45) is 0 Å². The highest BCUT2D eigenvalue weighted by atomic mass is 32.2. The predicted molar refractivity (Wildman–Crippen MR) is 164 cm³/mol. The molecule has 0 aliphatic carbocycles. The van der Waals surface area contributed by atoms with Crippen LogP contribution in [0.1, 0.15) is 24.0 Å². The van der Waals surface area contributed by atoms with E-state index in [0.717, 1.165) is 64.7 Å². The predicted octanol–water partition coefficient (Wildman–Crippen LogP) is 5.01. The Morgan fingerprint density at radius 3 is 2.58 bits per heavy atom.